The number of nitrogens with zero attached hydrogens (tertiary/aromatic N) is 4. The molecule has 1 aliphatic rings. The van der Waals surface area contributed by atoms with Crippen LogP contribution in [0.15, 0.2) is 42.5 Å². The highest BCUT2D eigenvalue weighted by molar-refractivity contribution is 5.99. The van der Waals surface area contributed by atoms with Gasteiger partial charge >= 0.3 is 6.09 Å². The van der Waals surface area contributed by atoms with E-state index in [1.165, 1.54) is 20.9 Å². The van der Waals surface area contributed by atoms with Crippen molar-refractivity contribution in [3.8, 4) is 0 Å². The number of likely N-dealkylation sites (N-methyl/N-ethyl adjacent to an activating group) is 2. The molecule has 222 valence electrons. The van der Waals surface area contributed by atoms with Gasteiger partial charge in [0.1, 0.15) is 5.60 Å². The molecule has 0 saturated heterocycles. The van der Waals surface area contributed by atoms with Gasteiger partial charge in [0.05, 0.1) is 13.1 Å². The summed E-state index contributed by atoms with van der Waals surface area (Å²) in [5.74, 6) is -1.11. The molecule has 0 aliphatic carbocycles. The third-order valence-corrected chi connectivity index (χ3v) is 6.87. The Kier molecular flexibility index (Phi) is 10.5. The van der Waals surface area contributed by atoms with Crippen LogP contribution in [0.1, 0.15) is 54.7 Å². The molecule has 3 rings (SSSR count). The monoisotopic (exact) mass is 566 g/mol. The van der Waals surface area contributed by atoms with Crippen molar-refractivity contribution in [3.63, 3.8) is 0 Å². The Morgan fingerprint density at radius 1 is 0.976 bits per heavy atom. The molecule has 0 radical (unpaired) electrons. The third-order valence-electron chi connectivity index (χ3n) is 6.87. The highest BCUT2D eigenvalue weighted by Gasteiger charge is 2.26. The minimum atomic E-state index is -0.659. The number of nitrogens with two attached hydrogens (primary N) is 1. The molecule has 1 heterocycles. The molecule has 2 aromatic carbocycles. The summed E-state index contributed by atoms with van der Waals surface area (Å²) >= 11 is 0. The molecule has 1 aliphatic heterocycles. The summed E-state index contributed by atoms with van der Waals surface area (Å²) in [5, 5.41) is 6.50. The number of fused-ring (bicyclic) bond motifs is 1. The Balaban J connectivity index is 1.68. The molecule has 0 aromatic heterocycles. The van der Waals surface area contributed by atoms with Crippen molar-refractivity contribution in [2.75, 3.05) is 44.7 Å². The second-order valence-corrected chi connectivity index (χ2v) is 11.1. The first-order valence-electron chi connectivity index (χ1n) is 13.8. The van der Waals surface area contributed by atoms with E-state index in [1.54, 1.807) is 51.0 Å². The Hall–Kier alpha value is -3.96. The van der Waals surface area contributed by atoms with Gasteiger partial charge in [-0.3, -0.25) is 24.7 Å². The van der Waals surface area contributed by atoms with Crippen LogP contribution in [0.4, 0.5) is 10.5 Å². The van der Waals surface area contributed by atoms with E-state index in [0.717, 1.165) is 5.56 Å². The first-order chi connectivity index (χ1) is 19.3. The van der Waals surface area contributed by atoms with Gasteiger partial charge in [0.25, 0.3) is 5.91 Å². The van der Waals surface area contributed by atoms with Crippen LogP contribution in [0.25, 0.3) is 0 Å². The summed E-state index contributed by atoms with van der Waals surface area (Å²) in [6, 6.07) is 13.0. The number of hydrazine groups is 1. The van der Waals surface area contributed by atoms with Gasteiger partial charge in [-0.15, -0.1) is 0 Å². The van der Waals surface area contributed by atoms with Crippen LogP contribution in [0.5, 0.6) is 0 Å². The van der Waals surface area contributed by atoms with Crippen molar-refractivity contribution in [1.29, 1.82) is 0 Å². The standard InChI is InChI=1S/C30H42N6O5/c1-7-34(29(40)41-30(3,4)5)14-15-36(25-16-22(28(31)39)13-12-21(25)2)27(38)18-32-17-26(37)33(6)35-19-23-10-8-9-11-24(23)20-35/h8-13,16,32H,7,14-15,17-20H2,1-6H3,(H2,31,39). The largest absolute Gasteiger partial charge is 0.444 e. The number of rotatable bonds is 11. The van der Waals surface area contributed by atoms with Crippen molar-refractivity contribution in [2.24, 2.45) is 5.73 Å². The summed E-state index contributed by atoms with van der Waals surface area (Å²) in [7, 11) is 1.72. The second-order valence-electron chi connectivity index (χ2n) is 11.1. The van der Waals surface area contributed by atoms with Crippen molar-refractivity contribution in [2.45, 2.75) is 53.3 Å². The predicted octanol–water partition coefficient (Wildman–Crippen LogP) is 2.66. The number of primary amides is 1. The fourth-order valence-electron chi connectivity index (χ4n) is 4.53. The number of anilines is 1. The number of aryl methyl sites for hydroxylation is 1. The van der Waals surface area contributed by atoms with Gasteiger partial charge in [-0.1, -0.05) is 30.3 Å². The Morgan fingerprint density at radius 2 is 1.59 bits per heavy atom. The van der Waals surface area contributed by atoms with E-state index in [4.69, 9.17) is 10.5 Å². The smallest absolute Gasteiger partial charge is 0.410 e. The minimum absolute atomic E-state index is 0.0395. The molecular weight excluding hydrogens is 524 g/mol. The second kappa shape index (κ2) is 13.6. The van der Waals surface area contributed by atoms with Crippen LogP contribution in [0, 0.1) is 6.92 Å². The minimum Gasteiger partial charge on any atom is -0.444 e. The van der Waals surface area contributed by atoms with E-state index < -0.39 is 17.6 Å². The van der Waals surface area contributed by atoms with Crippen molar-refractivity contribution >= 4 is 29.5 Å². The van der Waals surface area contributed by atoms with Gasteiger partial charge in [0.2, 0.25) is 11.8 Å². The lowest BCUT2D eigenvalue weighted by molar-refractivity contribution is -0.145. The number of carbonyl (C=O) groups is 4. The Bertz CT molecular complexity index is 1250. The average Bonchev–Trinajstić information content (AvgIpc) is 3.34. The molecule has 41 heavy (non-hydrogen) atoms. The zero-order valence-corrected chi connectivity index (χ0v) is 24.9. The van der Waals surface area contributed by atoms with Crippen molar-refractivity contribution in [1.82, 2.24) is 20.2 Å². The van der Waals surface area contributed by atoms with E-state index >= 15 is 0 Å². The average molecular weight is 567 g/mol. The number of hydrogen-bond donors (Lipinski definition) is 2. The van der Waals surface area contributed by atoms with Gasteiger partial charge in [-0.05, 0) is 63.4 Å². The van der Waals surface area contributed by atoms with Crippen LogP contribution in [0.3, 0.4) is 0 Å². The van der Waals surface area contributed by atoms with Crippen LogP contribution < -0.4 is 16.0 Å². The number of ether oxygens (including phenoxy) is 1. The zero-order valence-electron chi connectivity index (χ0n) is 24.9. The van der Waals surface area contributed by atoms with Crippen LogP contribution in [-0.2, 0) is 27.4 Å². The predicted molar refractivity (Wildman–Crippen MR) is 157 cm³/mol. The zero-order chi connectivity index (χ0) is 30.3. The Labute approximate surface area is 242 Å². The van der Waals surface area contributed by atoms with Crippen molar-refractivity contribution < 1.29 is 23.9 Å². The lowest BCUT2D eigenvalue weighted by Gasteiger charge is -2.30. The van der Waals surface area contributed by atoms with Crippen LogP contribution in [0.2, 0.25) is 0 Å². The molecule has 0 unspecified atom stereocenters. The molecule has 0 bridgehead atoms. The fraction of sp³-hybridized carbons (Fsp3) is 0.467. The number of amides is 4. The van der Waals surface area contributed by atoms with Crippen LogP contribution >= 0.6 is 0 Å². The first-order valence-corrected chi connectivity index (χ1v) is 13.8. The Morgan fingerprint density at radius 3 is 2.15 bits per heavy atom. The summed E-state index contributed by atoms with van der Waals surface area (Å²) in [4.78, 5) is 54.0. The number of nitrogens with one attached hydrogen (secondary N) is 1. The van der Waals surface area contributed by atoms with Gasteiger partial charge in [-0.2, -0.15) is 0 Å². The fourth-order valence-corrected chi connectivity index (χ4v) is 4.53. The molecule has 11 heteroatoms. The molecule has 0 spiro atoms. The maximum atomic E-state index is 13.5. The quantitative estimate of drug-likeness (QED) is 0.428. The highest BCUT2D eigenvalue weighted by atomic mass is 16.6. The summed E-state index contributed by atoms with van der Waals surface area (Å²) < 4.78 is 5.50. The van der Waals surface area contributed by atoms with E-state index in [9.17, 15) is 19.2 Å². The van der Waals surface area contributed by atoms with E-state index in [-0.39, 0.29) is 43.6 Å². The number of hydrogen-bond acceptors (Lipinski definition) is 7. The normalized spacial score (nSPS) is 12.9. The first kappa shape index (κ1) is 31.6. The molecule has 0 saturated carbocycles. The molecule has 11 nitrogen and oxygen atoms in total. The SMILES string of the molecule is CCN(CCN(C(=O)CNCC(=O)N(C)N1Cc2ccccc2C1)c1cc(C(N)=O)ccc1C)C(=O)OC(C)(C)C. The highest BCUT2D eigenvalue weighted by Crippen LogP contribution is 2.24. The summed E-state index contributed by atoms with van der Waals surface area (Å²) in [6.07, 6.45) is -0.481. The van der Waals surface area contributed by atoms with Gasteiger partial charge in [0, 0.05) is 51.0 Å². The van der Waals surface area contributed by atoms with Crippen molar-refractivity contribution in [3.05, 3.63) is 64.7 Å². The maximum absolute atomic E-state index is 13.5. The molecular formula is C30H42N6O5. The lowest BCUT2D eigenvalue weighted by Crippen LogP contribution is -2.48. The summed E-state index contributed by atoms with van der Waals surface area (Å²) in [5.41, 5.74) is 8.74. The number of carbonyl (C=O) groups excluding carboxylic acids is 4. The number of benzene rings is 2. The maximum Gasteiger partial charge on any atom is 0.410 e. The summed E-state index contributed by atoms with van der Waals surface area (Å²) in [6.45, 7) is 10.9. The molecule has 3 N–H and O–H groups in total. The molecule has 4 amide bonds. The van der Waals surface area contributed by atoms with Crippen LogP contribution in [-0.4, -0.2) is 84.1 Å². The van der Waals surface area contributed by atoms with E-state index in [0.29, 0.717) is 25.3 Å². The molecule has 0 atom stereocenters. The van der Waals surface area contributed by atoms with Gasteiger partial charge < -0.3 is 20.3 Å². The van der Waals surface area contributed by atoms with Gasteiger partial charge in [0.15, 0.2) is 0 Å². The molecule has 2 aromatic rings. The topological polar surface area (TPSA) is 129 Å². The lowest BCUT2D eigenvalue weighted by atomic mass is 10.1. The van der Waals surface area contributed by atoms with E-state index in [1.807, 2.05) is 31.0 Å². The van der Waals surface area contributed by atoms with E-state index in [2.05, 4.69) is 17.4 Å². The third kappa shape index (κ3) is 8.51. The van der Waals surface area contributed by atoms with Gasteiger partial charge in [-0.25, -0.2) is 9.80 Å². The molecule has 0 fully saturated rings.